The average Bonchev–Trinajstić information content (AvgIpc) is 1.64. The maximum atomic E-state index is 9.82. The lowest BCUT2D eigenvalue weighted by molar-refractivity contribution is -0.156. The largest absolute Gasteiger partial charge is 0.481 e. The molecule has 0 unspecified atom stereocenters. The molecule has 4 nitrogen and oxygen atoms in total. The van der Waals surface area contributed by atoms with Crippen molar-refractivity contribution in [1.29, 1.82) is 0 Å². The minimum absolute atomic E-state index is 1.10. The van der Waals surface area contributed by atoms with Gasteiger partial charge in [-0.15, -0.1) is 0 Å². The van der Waals surface area contributed by atoms with Crippen LogP contribution in [-0.4, -0.2) is 27.6 Å². The molecule has 4 heteroatoms. The van der Waals surface area contributed by atoms with Gasteiger partial charge in [0.15, 0.2) is 6.29 Å². The topological polar surface area (TPSA) is 77.8 Å². The average molecular weight is 120 g/mol. The van der Waals surface area contributed by atoms with Gasteiger partial charge in [0, 0.05) is 0 Å². The summed E-state index contributed by atoms with van der Waals surface area (Å²) < 4.78 is 0. The van der Waals surface area contributed by atoms with Crippen LogP contribution in [0.1, 0.15) is 6.92 Å². The molecule has 0 rings (SSSR count). The Morgan fingerprint density at radius 3 is 1.88 bits per heavy atom. The van der Waals surface area contributed by atoms with E-state index >= 15 is 0 Å². The van der Waals surface area contributed by atoms with Crippen LogP contribution in [0.25, 0.3) is 0 Å². The number of carbonyl (C=O) groups is 1. The van der Waals surface area contributed by atoms with E-state index in [4.69, 9.17) is 15.3 Å². The lowest BCUT2D eigenvalue weighted by Gasteiger charge is -2.05. The van der Waals surface area contributed by atoms with Crippen LogP contribution in [0.5, 0.6) is 0 Å². The van der Waals surface area contributed by atoms with Crippen LogP contribution in [0.4, 0.5) is 0 Å². The van der Waals surface area contributed by atoms with Crippen molar-refractivity contribution in [3.8, 4) is 0 Å². The first-order chi connectivity index (χ1) is 3.55. The van der Waals surface area contributed by atoms with Crippen LogP contribution in [-0.2, 0) is 4.79 Å². The van der Waals surface area contributed by atoms with Crippen LogP contribution in [0.15, 0.2) is 0 Å². The second kappa shape index (κ2) is 2.64. The highest BCUT2D eigenvalue weighted by Crippen LogP contribution is 1.97. The summed E-state index contributed by atoms with van der Waals surface area (Å²) >= 11 is 0. The third-order valence-electron chi connectivity index (χ3n) is 0.837. The molecule has 0 bridgehead atoms. The lowest BCUT2D eigenvalue weighted by Crippen LogP contribution is -2.24. The minimum atomic E-state index is -1.76. The molecule has 1 atom stereocenters. The molecule has 0 saturated heterocycles. The lowest BCUT2D eigenvalue weighted by atomic mass is 10.2. The number of hydrogen-bond acceptors (Lipinski definition) is 3. The quantitative estimate of drug-likeness (QED) is 0.409. The van der Waals surface area contributed by atoms with Gasteiger partial charge in [-0.05, 0) is 6.92 Å². The Morgan fingerprint density at radius 1 is 1.50 bits per heavy atom. The van der Waals surface area contributed by atoms with Crippen molar-refractivity contribution in [2.45, 2.75) is 13.2 Å². The van der Waals surface area contributed by atoms with Crippen molar-refractivity contribution >= 4 is 5.97 Å². The number of rotatable bonds is 2. The Balaban J connectivity index is 3.64. The number of hydrogen-bond donors (Lipinski definition) is 3. The Morgan fingerprint density at radius 2 is 1.88 bits per heavy atom. The van der Waals surface area contributed by atoms with Crippen LogP contribution in [0, 0.1) is 5.92 Å². The fourth-order valence-electron chi connectivity index (χ4n) is 0.128. The first-order valence-corrected chi connectivity index (χ1v) is 2.14. The number of aliphatic hydroxyl groups excluding tert-OH is 1. The predicted octanol–water partition coefficient (Wildman–Crippen LogP) is -0.982. The van der Waals surface area contributed by atoms with Crippen molar-refractivity contribution in [3.63, 3.8) is 0 Å². The molecule has 0 aromatic rings. The van der Waals surface area contributed by atoms with Crippen LogP contribution in [0.2, 0.25) is 0 Å². The molecule has 0 heterocycles. The normalized spacial score (nSPS) is 14.0. The van der Waals surface area contributed by atoms with E-state index < -0.39 is 18.2 Å². The van der Waals surface area contributed by atoms with Gasteiger partial charge < -0.3 is 15.3 Å². The van der Waals surface area contributed by atoms with Gasteiger partial charge in [-0.1, -0.05) is 0 Å². The molecule has 8 heavy (non-hydrogen) atoms. The van der Waals surface area contributed by atoms with Crippen LogP contribution in [0.3, 0.4) is 0 Å². The summed E-state index contributed by atoms with van der Waals surface area (Å²) in [4.78, 5) is 9.82. The Kier molecular flexibility index (Phi) is 2.44. The predicted molar refractivity (Wildman–Crippen MR) is 25.0 cm³/mol. The number of carboxylic acids is 1. The first-order valence-electron chi connectivity index (χ1n) is 2.14. The number of carboxylic acid groups (broad SMARTS) is 1. The molecular weight excluding hydrogens is 112 g/mol. The zero-order valence-corrected chi connectivity index (χ0v) is 4.40. The van der Waals surface area contributed by atoms with Crippen LogP contribution >= 0.6 is 0 Å². The summed E-state index contributed by atoms with van der Waals surface area (Å²) in [6.07, 6.45) is -1.76. The zero-order valence-electron chi connectivity index (χ0n) is 4.40. The molecule has 0 radical (unpaired) electrons. The molecule has 0 aromatic carbocycles. The van der Waals surface area contributed by atoms with Crippen LogP contribution < -0.4 is 0 Å². The van der Waals surface area contributed by atoms with E-state index in [-0.39, 0.29) is 0 Å². The maximum Gasteiger partial charge on any atom is 0.311 e. The second-order valence-corrected chi connectivity index (χ2v) is 1.54. The van der Waals surface area contributed by atoms with Gasteiger partial charge in [-0.25, -0.2) is 0 Å². The summed E-state index contributed by atoms with van der Waals surface area (Å²) in [5.41, 5.74) is 0. The van der Waals surface area contributed by atoms with E-state index in [1.165, 1.54) is 6.92 Å². The Hall–Kier alpha value is -0.610. The molecule has 48 valence electrons. The fraction of sp³-hybridized carbons (Fsp3) is 0.750. The molecule has 0 spiro atoms. The monoisotopic (exact) mass is 120 g/mol. The zero-order chi connectivity index (χ0) is 6.73. The Bertz CT molecular complexity index is 88.0. The van der Waals surface area contributed by atoms with E-state index in [0.717, 1.165) is 0 Å². The van der Waals surface area contributed by atoms with E-state index in [1.807, 2.05) is 0 Å². The van der Waals surface area contributed by atoms with Gasteiger partial charge in [0.05, 0.1) is 0 Å². The highest BCUT2D eigenvalue weighted by atomic mass is 16.5. The Labute approximate surface area is 46.4 Å². The highest BCUT2D eigenvalue weighted by Gasteiger charge is 2.17. The molecule has 0 saturated carbocycles. The summed E-state index contributed by atoms with van der Waals surface area (Å²) in [6, 6.07) is 0. The molecule has 3 N–H and O–H groups in total. The standard InChI is InChI=1S/C4H8O4/c1-2(3(5)6)4(7)8/h2-3,5-6H,1H3,(H,7,8)/t2-/m0/s1. The van der Waals surface area contributed by atoms with Crippen molar-refractivity contribution in [1.82, 2.24) is 0 Å². The summed E-state index contributed by atoms with van der Waals surface area (Å²) in [7, 11) is 0. The van der Waals surface area contributed by atoms with Crippen molar-refractivity contribution in [2.75, 3.05) is 0 Å². The van der Waals surface area contributed by atoms with E-state index in [2.05, 4.69) is 0 Å². The van der Waals surface area contributed by atoms with E-state index in [1.54, 1.807) is 0 Å². The number of aliphatic carboxylic acids is 1. The summed E-state index contributed by atoms with van der Waals surface area (Å²) in [5.74, 6) is -2.31. The van der Waals surface area contributed by atoms with Gasteiger partial charge in [-0.2, -0.15) is 0 Å². The van der Waals surface area contributed by atoms with Gasteiger partial charge in [0.2, 0.25) is 0 Å². The van der Waals surface area contributed by atoms with Gasteiger partial charge in [0.25, 0.3) is 0 Å². The van der Waals surface area contributed by atoms with Gasteiger partial charge >= 0.3 is 5.97 Å². The number of aliphatic hydroxyl groups is 2. The van der Waals surface area contributed by atoms with Crippen molar-refractivity contribution < 1.29 is 20.1 Å². The van der Waals surface area contributed by atoms with Crippen molar-refractivity contribution in [3.05, 3.63) is 0 Å². The fourth-order valence-corrected chi connectivity index (χ4v) is 0.128. The molecule has 0 fully saturated rings. The molecule has 0 aliphatic rings. The molecule has 0 aliphatic heterocycles. The smallest absolute Gasteiger partial charge is 0.311 e. The molecule has 0 aromatic heterocycles. The third-order valence-corrected chi connectivity index (χ3v) is 0.837. The maximum absolute atomic E-state index is 9.82. The summed E-state index contributed by atoms with van der Waals surface area (Å²) in [6.45, 7) is 1.22. The molecular formula is C4H8O4. The van der Waals surface area contributed by atoms with E-state index in [0.29, 0.717) is 0 Å². The molecule has 0 amide bonds. The minimum Gasteiger partial charge on any atom is -0.481 e. The second-order valence-electron chi connectivity index (χ2n) is 1.54. The third kappa shape index (κ3) is 1.90. The van der Waals surface area contributed by atoms with Gasteiger partial charge in [-0.3, -0.25) is 4.79 Å². The van der Waals surface area contributed by atoms with Crippen molar-refractivity contribution in [2.24, 2.45) is 5.92 Å². The summed E-state index contributed by atoms with van der Waals surface area (Å²) in [5, 5.41) is 24.4. The molecule has 0 aliphatic carbocycles. The van der Waals surface area contributed by atoms with E-state index in [9.17, 15) is 4.79 Å². The van der Waals surface area contributed by atoms with Gasteiger partial charge in [0.1, 0.15) is 5.92 Å². The highest BCUT2D eigenvalue weighted by molar-refractivity contribution is 5.69. The first kappa shape index (κ1) is 7.39. The SMILES string of the molecule is C[C@H](C(=O)O)C(O)O.